The van der Waals surface area contributed by atoms with Crippen molar-refractivity contribution in [3.63, 3.8) is 0 Å². The lowest BCUT2D eigenvalue weighted by Gasteiger charge is -2.44. The van der Waals surface area contributed by atoms with E-state index in [0.717, 1.165) is 5.56 Å². The van der Waals surface area contributed by atoms with Gasteiger partial charge in [-0.2, -0.15) is 0 Å². The Balaban J connectivity index is 1.62. The zero-order valence-corrected chi connectivity index (χ0v) is 12.5. The predicted octanol–water partition coefficient (Wildman–Crippen LogP) is 4.18. The highest BCUT2D eigenvalue weighted by Gasteiger charge is 2.47. The van der Waals surface area contributed by atoms with Gasteiger partial charge in [0.1, 0.15) is 12.2 Å². The fourth-order valence-corrected chi connectivity index (χ4v) is 2.98. The molecule has 0 heterocycles. The maximum absolute atomic E-state index is 10.7. The molecule has 0 bridgehead atoms. The van der Waals surface area contributed by atoms with Crippen LogP contribution in [0.15, 0.2) is 78.7 Å². The van der Waals surface area contributed by atoms with Gasteiger partial charge in [0.05, 0.1) is 0 Å². The molecule has 0 aliphatic heterocycles. The number of ether oxygens (including phenoxy) is 1. The van der Waals surface area contributed by atoms with E-state index in [0.29, 0.717) is 31.1 Å². The summed E-state index contributed by atoms with van der Waals surface area (Å²) in [7, 11) is 0. The second-order valence-electron chi connectivity index (χ2n) is 5.83. The molecule has 3 rings (SSSR count). The van der Waals surface area contributed by atoms with Crippen LogP contribution in [0.25, 0.3) is 0 Å². The summed E-state index contributed by atoms with van der Waals surface area (Å²) < 4.78 is 5.76. The van der Waals surface area contributed by atoms with Gasteiger partial charge in [0.2, 0.25) is 0 Å². The van der Waals surface area contributed by atoms with Crippen molar-refractivity contribution in [3.05, 3.63) is 89.9 Å². The topological polar surface area (TPSA) is 29.5 Å². The molecule has 2 heteroatoms. The SMILES string of the molecule is C=C=C(OCc1ccccc1)C1(O)CC(c2ccccc2)C1. The first-order valence-electron chi connectivity index (χ1n) is 7.56. The fraction of sp³-hybridized carbons (Fsp3) is 0.250. The minimum atomic E-state index is -0.933. The molecule has 0 radical (unpaired) electrons. The summed E-state index contributed by atoms with van der Waals surface area (Å²) in [4.78, 5) is 0. The van der Waals surface area contributed by atoms with E-state index < -0.39 is 5.60 Å². The molecule has 2 aromatic rings. The first-order chi connectivity index (χ1) is 10.7. The van der Waals surface area contributed by atoms with E-state index in [1.54, 1.807) is 0 Å². The smallest absolute Gasteiger partial charge is 0.170 e. The van der Waals surface area contributed by atoms with Crippen LogP contribution in [-0.2, 0) is 11.3 Å². The first-order valence-corrected chi connectivity index (χ1v) is 7.56. The molecular formula is C20H20O2. The van der Waals surface area contributed by atoms with Gasteiger partial charge >= 0.3 is 0 Å². The van der Waals surface area contributed by atoms with E-state index in [-0.39, 0.29) is 0 Å². The lowest BCUT2D eigenvalue weighted by molar-refractivity contribution is -0.0630. The summed E-state index contributed by atoms with van der Waals surface area (Å²) in [6.07, 6.45) is 1.31. The van der Waals surface area contributed by atoms with E-state index in [1.807, 2.05) is 48.5 Å². The van der Waals surface area contributed by atoms with Gasteiger partial charge in [-0.15, -0.1) is 0 Å². The molecule has 0 saturated heterocycles. The van der Waals surface area contributed by atoms with Gasteiger partial charge in [-0.05, 0) is 29.9 Å². The highest BCUT2D eigenvalue weighted by molar-refractivity contribution is 5.29. The van der Waals surface area contributed by atoms with Gasteiger partial charge < -0.3 is 9.84 Å². The number of aliphatic hydroxyl groups is 1. The first kappa shape index (κ1) is 14.6. The third-order valence-corrected chi connectivity index (χ3v) is 4.25. The van der Waals surface area contributed by atoms with Gasteiger partial charge in [0.25, 0.3) is 0 Å². The summed E-state index contributed by atoms with van der Waals surface area (Å²) in [6.45, 7) is 4.10. The second-order valence-corrected chi connectivity index (χ2v) is 5.83. The van der Waals surface area contributed by atoms with Crippen molar-refractivity contribution < 1.29 is 9.84 Å². The standard InChI is InChI=1S/C20H20O2/c1-2-19(22-15-16-9-5-3-6-10-16)20(21)13-18(14-20)17-11-7-4-8-12-17/h3-12,18,21H,1,13-15H2. The zero-order chi connectivity index (χ0) is 15.4. The van der Waals surface area contributed by atoms with E-state index in [1.165, 1.54) is 5.56 Å². The molecule has 0 amide bonds. The minimum Gasteiger partial charge on any atom is -0.482 e. The Kier molecular flexibility index (Phi) is 4.15. The summed E-state index contributed by atoms with van der Waals surface area (Å²) in [6, 6.07) is 20.2. The fourth-order valence-electron chi connectivity index (χ4n) is 2.98. The largest absolute Gasteiger partial charge is 0.482 e. The molecule has 1 aliphatic carbocycles. The molecule has 2 aromatic carbocycles. The Morgan fingerprint density at radius 1 is 1.09 bits per heavy atom. The Labute approximate surface area is 131 Å². The second kappa shape index (κ2) is 6.23. The summed E-state index contributed by atoms with van der Waals surface area (Å²) in [5.41, 5.74) is 4.18. The summed E-state index contributed by atoms with van der Waals surface area (Å²) in [5, 5.41) is 10.7. The van der Waals surface area contributed by atoms with Crippen LogP contribution < -0.4 is 0 Å². The molecule has 112 valence electrons. The van der Waals surface area contributed by atoms with Crippen molar-refractivity contribution in [2.24, 2.45) is 0 Å². The van der Waals surface area contributed by atoms with Crippen molar-refractivity contribution in [2.45, 2.75) is 31.0 Å². The van der Waals surface area contributed by atoms with Crippen molar-refractivity contribution >= 4 is 0 Å². The molecule has 0 spiro atoms. The molecule has 0 aromatic heterocycles. The van der Waals surface area contributed by atoms with Crippen LogP contribution in [0.5, 0.6) is 0 Å². The molecule has 1 N–H and O–H groups in total. The maximum Gasteiger partial charge on any atom is 0.170 e. The molecule has 0 atom stereocenters. The van der Waals surface area contributed by atoms with Crippen molar-refractivity contribution in [2.75, 3.05) is 0 Å². The minimum absolute atomic E-state index is 0.370. The lowest BCUT2D eigenvalue weighted by Crippen LogP contribution is -2.44. The predicted molar refractivity (Wildman–Crippen MR) is 87.3 cm³/mol. The quantitative estimate of drug-likeness (QED) is 0.661. The average Bonchev–Trinajstić information content (AvgIpc) is 2.54. The van der Waals surface area contributed by atoms with E-state index >= 15 is 0 Å². The summed E-state index contributed by atoms with van der Waals surface area (Å²) in [5.74, 6) is 0.832. The Morgan fingerprint density at radius 2 is 1.68 bits per heavy atom. The number of hydrogen-bond acceptors (Lipinski definition) is 2. The number of benzene rings is 2. The van der Waals surface area contributed by atoms with Crippen LogP contribution >= 0.6 is 0 Å². The van der Waals surface area contributed by atoms with Crippen molar-refractivity contribution in [1.82, 2.24) is 0 Å². The van der Waals surface area contributed by atoms with Crippen LogP contribution in [0.1, 0.15) is 29.9 Å². The van der Waals surface area contributed by atoms with Gasteiger partial charge in [-0.1, -0.05) is 73.0 Å². The third-order valence-electron chi connectivity index (χ3n) is 4.25. The normalized spacial score (nSPS) is 23.2. The van der Waals surface area contributed by atoms with Crippen molar-refractivity contribution in [3.8, 4) is 0 Å². The van der Waals surface area contributed by atoms with Gasteiger partial charge in [0, 0.05) is 0 Å². The van der Waals surface area contributed by atoms with Crippen molar-refractivity contribution in [1.29, 1.82) is 0 Å². The molecule has 1 fully saturated rings. The van der Waals surface area contributed by atoms with Crippen LogP contribution in [0.2, 0.25) is 0 Å². The molecule has 1 aliphatic rings. The van der Waals surface area contributed by atoms with Crippen LogP contribution in [0, 0.1) is 0 Å². The highest BCUT2D eigenvalue weighted by Crippen LogP contribution is 2.48. The van der Waals surface area contributed by atoms with Crippen LogP contribution in [0.4, 0.5) is 0 Å². The van der Waals surface area contributed by atoms with Gasteiger partial charge in [0.15, 0.2) is 5.76 Å². The van der Waals surface area contributed by atoms with Crippen LogP contribution in [0.3, 0.4) is 0 Å². The average molecular weight is 292 g/mol. The van der Waals surface area contributed by atoms with Gasteiger partial charge in [-0.3, -0.25) is 0 Å². The summed E-state index contributed by atoms with van der Waals surface area (Å²) >= 11 is 0. The molecule has 2 nitrogen and oxygen atoms in total. The van der Waals surface area contributed by atoms with E-state index in [2.05, 4.69) is 24.4 Å². The number of rotatable bonds is 5. The van der Waals surface area contributed by atoms with E-state index in [9.17, 15) is 5.11 Å². The highest BCUT2D eigenvalue weighted by atomic mass is 16.5. The van der Waals surface area contributed by atoms with Gasteiger partial charge in [-0.25, -0.2) is 0 Å². The Morgan fingerprint density at radius 3 is 2.27 bits per heavy atom. The lowest BCUT2D eigenvalue weighted by atomic mass is 9.67. The third kappa shape index (κ3) is 2.99. The zero-order valence-electron chi connectivity index (χ0n) is 12.5. The van der Waals surface area contributed by atoms with E-state index in [4.69, 9.17) is 4.74 Å². The monoisotopic (exact) mass is 292 g/mol. The maximum atomic E-state index is 10.7. The molecular weight excluding hydrogens is 272 g/mol. The Hall–Kier alpha value is -2.28. The molecule has 22 heavy (non-hydrogen) atoms. The molecule has 1 saturated carbocycles. The van der Waals surface area contributed by atoms with Crippen LogP contribution in [-0.4, -0.2) is 10.7 Å². The Bertz CT molecular complexity index is 663. The number of hydrogen-bond donors (Lipinski definition) is 1. The molecule has 0 unspecified atom stereocenters.